The molecule has 9 nitrogen and oxygen atoms in total. The van der Waals surface area contributed by atoms with Crippen molar-refractivity contribution in [2.24, 2.45) is 14.1 Å². The van der Waals surface area contributed by atoms with Crippen LogP contribution in [-0.4, -0.2) is 21.2 Å². The molecule has 1 aliphatic rings. The zero-order valence-electron chi connectivity index (χ0n) is 17.3. The van der Waals surface area contributed by atoms with Crippen LogP contribution in [0.1, 0.15) is 35.1 Å². The summed E-state index contributed by atoms with van der Waals surface area (Å²) in [6, 6.07) is 13.5. The van der Waals surface area contributed by atoms with Crippen LogP contribution in [0, 0.1) is 10.1 Å². The molecule has 0 aliphatic carbocycles. The number of nitro benzene ring substituents is 1. The van der Waals surface area contributed by atoms with E-state index in [0.29, 0.717) is 17.7 Å². The molecule has 0 saturated carbocycles. The number of benzene rings is 2. The summed E-state index contributed by atoms with van der Waals surface area (Å²) < 4.78 is 13.7. The molecule has 31 heavy (non-hydrogen) atoms. The van der Waals surface area contributed by atoms with Gasteiger partial charge in [-0.25, -0.2) is 4.79 Å². The molecule has 2 aromatic carbocycles. The Hall–Kier alpha value is -3.88. The number of non-ortho nitro benzene ring substituents is 1. The molecule has 0 unspecified atom stereocenters. The smallest absolute Gasteiger partial charge is 0.333 e. The molecular formula is C22H21N3O6. The average molecular weight is 423 g/mol. The van der Waals surface area contributed by atoms with Gasteiger partial charge in [-0.05, 0) is 29.7 Å². The molecule has 0 fully saturated rings. The highest BCUT2D eigenvalue weighted by Gasteiger charge is 2.35. The largest absolute Gasteiger partial charge is 0.497 e. The van der Waals surface area contributed by atoms with Gasteiger partial charge in [0.15, 0.2) is 0 Å². The Labute approximate surface area is 177 Å². The van der Waals surface area contributed by atoms with E-state index in [2.05, 4.69) is 0 Å². The summed E-state index contributed by atoms with van der Waals surface area (Å²) in [5, 5.41) is 11.0. The van der Waals surface area contributed by atoms with Gasteiger partial charge >= 0.3 is 5.69 Å². The lowest BCUT2D eigenvalue weighted by Crippen LogP contribution is -2.42. The average Bonchev–Trinajstić information content (AvgIpc) is 2.80. The van der Waals surface area contributed by atoms with Gasteiger partial charge < -0.3 is 9.47 Å². The van der Waals surface area contributed by atoms with E-state index in [0.717, 1.165) is 15.7 Å². The third-order valence-corrected chi connectivity index (χ3v) is 5.69. The second kappa shape index (κ2) is 7.75. The van der Waals surface area contributed by atoms with Gasteiger partial charge in [-0.3, -0.25) is 24.0 Å². The van der Waals surface area contributed by atoms with Crippen molar-refractivity contribution in [2.45, 2.75) is 18.4 Å². The number of nitro groups is 1. The van der Waals surface area contributed by atoms with Gasteiger partial charge in [0, 0.05) is 32.1 Å². The first kappa shape index (κ1) is 20.4. The van der Waals surface area contributed by atoms with Crippen LogP contribution < -0.4 is 20.7 Å². The van der Waals surface area contributed by atoms with Crippen LogP contribution in [0.15, 0.2) is 58.1 Å². The first-order chi connectivity index (χ1) is 14.8. The van der Waals surface area contributed by atoms with Gasteiger partial charge in [0.2, 0.25) is 5.88 Å². The number of ether oxygens (including phenoxy) is 2. The number of hydrogen-bond acceptors (Lipinski definition) is 6. The Bertz CT molecular complexity index is 1260. The van der Waals surface area contributed by atoms with Crippen LogP contribution in [-0.2, 0) is 14.1 Å². The fraction of sp³-hybridized carbons (Fsp3) is 0.273. The van der Waals surface area contributed by atoms with Crippen LogP contribution >= 0.6 is 0 Å². The lowest BCUT2D eigenvalue weighted by Gasteiger charge is -2.33. The molecule has 0 saturated heterocycles. The summed E-state index contributed by atoms with van der Waals surface area (Å²) >= 11 is 0. The maximum atomic E-state index is 13.0. The number of methoxy groups -OCH3 is 1. The fourth-order valence-corrected chi connectivity index (χ4v) is 3.96. The van der Waals surface area contributed by atoms with Crippen molar-refractivity contribution in [3.63, 3.8) is 0 Å². The third kappa shape index (κ3) is 3.48. The normalized spacial score (nSPS) is 17.5. The van der Waals surface area contributed by atoms with Gasteiger partial charge in [0.1, 0.15) is 11.9 Å². The molecule has 0 spiro atoms. The molecule has 1 aliphatic heterocycles. The maximum Gasteiger partial charge on any atom is 0.333 e. The van der Waals surface area contributed by atoms with Crippen molar-refractivity contribution in [3.8, 4) is 11.6 Å². The van der Waals surface area contributed by atoms with Crippen molar-refractivity contribution in [3.05, 3.63) is 96.2 Å². The molecule has 0 N–H and O–H groups in total. The highest BCUT2D eigenvalue weighted by Crippen LogP contribution is 2.43. The van der Waals surface area contributed by atoms with E-state index in [1.54, 1.807) is 26.3 Å². The summed E-state index contributed by atoms with van der Waals surface area (Å²) in [4.78, 5) is 36.1. The summed E-state index contributed by atoms with van der Waals surface area (Å²) in [6.07, 6.45) is 0.0150. The third-order valence-electron chi connectivity index (χ3n) is 5.69. The SMILES string of the molecule is COc1ccc([C@@H]2C[C@@H](c3ccc([N+](=O)[O-])cc3)c3c(n(C)c(=O)n(C)c3=O)O2)cc1. The minimum absolute atomic E-state index is 0.0314. The van der Waals surface area contributed by atoms with E-state index in [4.69, 9.17) is 9.47 Å². The van der Waals surface area contributed by atoms with Gasteiger partial charge in [-0.15, -0.1) is 0 Å². The van der Waals surface area contributed by atoms with Gasteiger partial charge in [-0.2, -0.15) is 0 Å². The van der Waals surface area contributed by atoms with Gasteiger partial charge in [-0.1, -0.05) is 24.3 Å². The molecule has 1 aromatic heterocycles. The van der Waals surface area contributed by atoms with Crippen molar-refractivity contribution in [1.82, 2.24) is 9.13 Å². The maximum absolute atomic E-state index is 13.0. The second-order valence-electron chi connectivity index (χ2n) is 7.44. The molecule has 2 atom stereocenters. The molecule has 3 aromatic rings. The van der Waals surface area contributed by atoms with Crippen molar-refractivity contribution < 1.29 is 14.4 Å². The number of hydrogen-bond donors (Lipinski definition) is 0. The van der Waals surface area contributed by atoms with E-state index < -0.39 is 28.2 Å². The van der Waals surface area contributed by atoms with Gasteiger partial charge in [0.25, 0.3) is 11.2 Å². The first-order valence-electron chi connectivity index (χ1n) is 9.66. The van der Waals surface area contributed by atoms with Crippen molar-refractivity contribution >= 4 is 5.69 Å². The summed E-state index contributed by atoms with van der Waals surface area (Å²) in [5.74, 6) is 0.513. The van der Waals surface area contributed by atoms with E-state index in [1.165, 1.54) is 23.7 Å². The quantitative estimate of drug-likeness (QED) is 0.472. The Morgan fingerprint density at radius 2 is 1.61 bits per heavy atom. The van der Waals surface area contributed by atoms with Crippen LogP contribution in [0.25, 0.3) is 0 Å². The lowest BCUT2D eigenvalue weighted by molar-refractivity contribution is -0.384. The lowest BCUT2D eigenvalue weighted by atomic mass is 9.84. The number of fused-ring (bicyclic) bond motifs is 1. The van der Waals surface area contributed by atoms with Crippen molar-refractivity contribution in [1.29, 1.82) is 0 Å². The molecule has 0 amide bonds. The Balaban J connectivity index is 1.87. The van der Waals surface area contributed by atoms with Crippen LogP contribution in [0.2, 0.25) is 0 Å². The Morgan fingerprint density at radius 1 is 1.00 bits per heavy atom. The molecule has 9 heteroatoms. The Morgan fingerprint density at radius 3 is 2.19 bits per heavy atom. The van der Waals surface area contributed by atoms with Crippen LogP contribution in [0.5, 0.6) is 11.6 Å². The predicted octanol–water partition coefficient (Wildman–Crippen LogP) is 2.66. The van der Waals surface area contributed by atoms with Gasteiger partial charge in [0.05, 0.1) is 17.6 Å². The fourth-order valence-electron chi connectivity index (χ4n) is 3.96. The molecule has 2 heterocycles. The predicted molar refractivity (Wildman–Crippen MR) is 113 cm³/mol. The summed E-state index contributed by atoms with van der Waals surface area (Å²) in [5.41, 5.74) is 1.02. The molecule has 160 valence electrons. The molecule has 0 bridgehead atoms. The molecule has 4 rings (SSSR count). The Kier molecular flexibility index (Phi) is 5.10. The zero-order chi connectivity index (χ0) is 22.3. The van der Waals surface area contributed by atoms with Crippen LogP contribution in [0.3, 0.4) is 0 Å². The first-order valence-corrected chi connectivity index (χ1v) is 9.66. The summed E-state index contributed by atoms with van der Waals surface area (Å²) in [7, 11) is 4.57. The van der Waals surface area contributed by atoms with Crippen LogP contribution in [0.4, 0.5) is 5.69 Å². The minimum Gasteiger partial charge on any atom is -0.497 e. The number of nitrogens with zero attached hydrogens (tertiary/aromatic N) is 3. The van der Waals surface area contributed by atoms with E-state index in [1.807, 2.05) is 24.3 Å². The number of aromatic nitrogens is 2. The van der Waals surface area contributed by atoms with E-state index in [9.17, 15) is 19.7 Å². The zero-order valence-corrected chi connectivity index (χ0v) is 17.3. The minimum atomic E-state index is -0.485. The topological polar surface area (TPSA) is 106 Å². The van der Waals surface area contributed by atoms with Crippen molar-refractivity contribution in [2.75, 3.05) is 7.11 Å². The monoisotopic (exact) mass is 423 g/mol. The molecular weight excluding hydrogens is 402 g/mol. The highest BCUT2D eigenvalue weighted by atomic mass is 16.6. The summed E-state index contributed by atoms with van der Waals surface area (Å²) in [6.45, 7) is 0. The van der Waals surface area contributed by atoms with E-state index in [-0.39, 0.29) is 11.6 Å². The standard InChI is InChI=1S/C22H21N3O6/c1-23-20(26)19-17(13-4-8-15(9-5-13)25(28)29)12-18(31-21(19)24(2)22(23)27)14-6-10-16(30-3)11-7-14/h4-11,17-18H,12H2,1-3H3/t17-,18-/m0/s1. The van der Waals surface area contributed by atoms with E-state index >= 15 is 0 Å². The molecule has 0 radical (unpaired) electrons. The highest BCUT2D eigenvalue weighted by molar-refractivity contribution is 5.44. The number of rotatable bonds is 4. The second-order valence-corrected chi connectivity index (χ2v) is 7.44.